The summed E-state index contributed by atoms with van der Waals surface area (Å²) >= 11 is 1.37. The van der Waals surface area contributed by atoms with Crippen molar-refractivity contribution < 1.29 is 9.18 Å². The SMILES string of the molecule is CC(C)c1cc(=O)n2nc(C3CCCN3C(=O)Cc3ccc(F)cc3)sc2n1. The lowest BCUT2D eigenvalue weighted by Crippen LogP contribution is -2.32. The molecule has 0 saturated carbocycles. The highest BCUT2D eigenvalue weighted by atomic mass is 32.1. The van der Waals surface area contributed by atoms with Gasteiger partial charge < -0.3 is 4.90 Å². The van der Waals surface area contributed by atoms with E-state index >= 15 is 0 Å². The van der Waals surface area contributed by atoms with E-state index in [0.717, 1.165) is 29.1 Å². The zero-order chi connectivity index (χ0) is 19.8. The number of nitrogens with zero attached hydrogens (tertiary/aromatic N) is 4. The summed E-state index contributed by atoms with van der Waals surface area (Å²) in [7, 11) is 0. The number of fused-ring (bicyclic) bond motifs is 1. The molecule has 146 valence electrons. The first-order chi connectivity index (χ1) is 13.4. The molecule has 3 heterocycles. The van der Waals surface area contributed by atoms with Crippen molar-refractivity contribution in [2.45, 2.75) is 45.1 Å². The fraction of sp³-hybridized carbons (Fsp3) is 0.400. The highest BCUT2D eigenvalue weighted by Gasteiger charge is 2.32. The molecular formula is C20H21FN4O2S. The number of carbonyl (C=O) groups excluding carboxylic acids is 1. The highest BCUT2D eigenvalue weighted by molar-refractivity contribution is 7.16. The summed E-state index contributed by atoms with van der Waals surface area (Å²) < 4.78 is 14.4. The van der Waals surface area contributed by atoms with Crippen molar-refractivity contribution in [2.75, 3.05) is 6.54 Å². The lowest BCUT2D eigenvalue weighted by molar-refractivity contribution is -0.131. The zero-order valence-electron chi connectivity index (χ0n) is 15.8. The summed E-state index contributed by atoms with van der Waals surface area (Å²) in [5, 5.41) is 5.19. The predicted molar refractivity (Wildman–Crippen MR) is 105 cm³/mol. The van der Waals surface area contributed by atoms with E-state index in [1.54, 1.807) is 12.1 Å². The first kappa shape index (κ1) is 18.7. The van der Waals surface area contributed by atoms with Gasteiger partial charge in [0.25, 0.3) is 5.56 Å². The Hall–Kier alpha value is -2.61. The molecule has 4 rings (SSSR count). The van der Waals surface area contributed by atoms with E-state index in [2.05, 4.69) is 10.1 Å². The summed E-state index contributed by atoms with van der Waals surface area (Å²) in [5.41, 5.74) is 1.33. The number of benzene rings is 1. The maximum absolute atomic E-state index is 13.1. The van der Waals surface area contributed by atoms with Crippen molar-refractivity contribution in [1.82, 2.24) is 19.5 Å². The molecule has 1 atom stereocenters. The van der Waals surface area contributed by atoms with E-state index in [0.29, 0.717) is 11.5 Å². The van der Waals surface area contributed by atoms with Gasteiger partial charge in [-0.3, -0.25) is 9.59 Å². The van der Waals surface area contributed by atoms with Gasteiger partial charge in [-0.25, -0.2) is 9.37 Å². The van der Waals surface area contributed by atoms with Crippen LogP contribution in [0.3, 0.4) is 0 Å². The van der Waals surface area contributed by atoms with Crippen LogP contribution in [0.1, 0.15) is 54.9 Å². The van der Waals surface area contributed by atoms with Crippen LogP contribution in [-0.4, -0.2) is 31.9 Å². The van der Waals surface area contributed by atoms with Crippen LogP contribution in [0.2, 0.25) is 0 Å². The van der Waals surface area contributed by atoms with Crippen LogP contribution < -0.4 is 5.56 Å². The summed E-state index contributed by atoms with van der Waals surface area (Å²) in [6.45, 7) is 4.64. The first-order valence-corrected chi connectivity index (χ1v) is 10.2. The van der Waals surface area contributed by atoms with E-state index in [4.69, 9.17) is 0 Å². The Morgan fingerprint density at radius 1 is 1.32 bits per heavy atom. The molecule has 1 aromatic carbocycles. The van der Waals surface area contributed by atoms with Gasteiger partial charge in [0.2, 0.25) is 10.9 Å². The topological polar surface area (TPSA) is 67.6 Å². The molecule has 28 heavy (non-hydrogen) atoms. The van der Waals surface area contributed by atoms with Gasteiger partial charge in [-0.1, -0.05) is 37.3 Å². The summed E-state index contributed by atoms with van der Waals surface area (Å²) in [6, 6.07) is 7.36. The van der Waals surface area contributed by atoms with Gasteiger partial charge in [0, 0.05) is 12.6 Å². The summed E-state index contributed by atoms with van der Waals surface area (Å²) in [6.07, 6.45) is 1.91. The van der Waals surface area contributed by atoms with Crippen molar-refractivity contribution in [3.05, 3.63) is 62.8 Å². The van der Waals surface area contributed by atoms with Crippen LogP contribution in [0, 0.1) is 5.82 Å². The molecule has 0 spiro atoms. The number of hydrogen-bond acceptors (Lipinski definition) is 5. The third kappa shape index (κ3) is 3.56. The quantitative estimate of drug-likeness (QED) is 0.674. The van der Waals surface area contributed by atoms with Crippen LogP contribution in [0.4, 0.5) is 4.39 Å². The molecule has 0 N–H and O–H groups in total. The maximum atomic E-state index is 13.1. The van der Waals surface area contributed by atoms with Crippen LogP contribution in [0.25, 0.3) is 4.96 Å². The zero-order valence-corrected chi connectivity index (χ0v) is 16.6. The number of halogens is 1. The second-order valence-electron chi connectivity index (χ2n) is 7.36. The highest BCUT2D eigenvalue weighted by Crippen LogP contribution is 2.34. The van der Waals surface area contributed by atoms with Crippen molar-refractivity contribution in [3.63, 3.8) is 0 Å². The second-order valence-corrected chi connectivity index (χ2v) is 8.34. The Morgan fingerprint density at radius 3 is 2.79 bits per heavy atom. The molecule has 1 aliphatic heterocycles. The number of amides is 1. The molecular weight excluding hydrogens is 379 g/mol. The van der Waals surface area contributed by atoms with E-state index in [9.17, 15) is 14.0 Å². The molecule has 6 nitrogen and oxygen atoms in total. The normalized spacial score (nSPS) is 17.0. The van der Waals surface area contributed by atoms with Gasteiger partial charge in [0.15, 0.2) is 0 Å². The van der Waals surface area contributed by atoms with Gasteiger partial charge in [-0.15, -0.1) is 0 Å². The Balaban J connectivity index is 1.60. The molecule has 1 saturated heterocycles. The van der Waals surface area contributed by atoms with Gasteiger partial charge in [0.1, 0.15) is 10.8 Å². The Kier molecular flexibility index (Phi) is 4.97. The minimum absolute atomic E-state index is 0.0171. The average Bonchev–Trinajstić information content (AvgIpc) is 3.30. The fourth-order valence-electron chi connectivity index (χ4n) is 3.47. The lowest BCUT2D eigenvalue weighted by Gasteiger charge is -2.22. The molecule has 0 bridgehead atoms. The predicted octanol–water partition coefficient (Wildman–Crippen LogP) is 3.32. The Labute approximate surface area is 165 Å². The van der Waals surface area contributed by atoms with E-state index in [-0.39, 0.29) is 35.7 Å². The van der Waals surface area contributed by atoms with Crippen LogP contribution in [0.15, 0.2) is 35.1 Å². The largest absolute Gasteiger partial charge is 0.333 e. The Bertz CT molecular complexity index is 1070. The molecule has 1 amide bonds. The van der Waals surface area contributed by atoms with Crippen molar-refractivity contribution in [1.29, 1.82) is 0 Å². The van der Waals surface area contributed by atoms with Crippen molar-refractivity contribution in [2.24, 2.45) is 0 Å². The minimum atomic E-state index is -0.316. The van der Waals surface area contributed by atoms with Crippen molar-refractivity contribution in [3.8, 4) is 0 Å². The Morgan fingerprint density at radius 2 is 2.07 bits per heavy atom. The van der Waals surface area contributed by atoms with Crippen LogP contribution >= 0.6 is 11.3 Å². The summed E-state index contributed by atoms with van der Waals surface area (Å²) in [4.78, 5) is 32.1. The smallest absolute Gasteiger partial charge is 0.275 e. The monoisotopic (exact) mass is 400 g/mol. The van der Waals surface area contributed by atoms with Crippen LogP contribution in [-0.2, 0) is 11.2 Å². The fourth-order valence-corrected chi connectivity index (χ4v) is 4.53. The molecule has 1 fully saturated rings. The maximum Gasteiger partial charge on any atom is 0.275 e. The average molecular weight is 400 g/mol. The number of rotatable bonds is 4. The van der Waals surface area contributed by atoms with E-state index in [1.165, 1.54) is 34.1 Å². The minimum Gasteiger partial charge on any atom is -0.333 e. The number of aromatic nitrogens is 3. The molecule has 8 heteroatoms. The van der Waals surface area contributed by atoms with E-state index < -0.39 is 0 Å². The number of likely N-dealkylation sites (tertiary alicyclic amines) is 1. The number of hydrogen-bond donors (Lipinski definition) is 0. The molecule has 0 radical (unpaired) electrons. The molecule has 0 aliphatic carbocycles. The molecule has 2 aromatic heterocycles. The second kappa shape index (κ2) is 7.43. The molecule has 1 aliphatic rings. The molecule has 3 aromatic rings. The standard InChI is InChI=1S/C20H21FN4O2S/c1-12(2)15-11-18(27)25-20(22-15)28-19(23-25)16-4-3-9-24(16)17(26)10-13-5-7-14(21)8-6-13/h5-8,11-12,16H,3-4,9-10H2,1-2H3. The van der Waals surface area contributed by atoms with Crippen molar-refractivity contribution >= 4 is 22.2 Å². The third-order valence-electron chi connectivity index (χ3n) is 5.00. The van der Waals surface area contributed by atoms with Gasteiger partial charge >= 0.3 is 0 Å². The summed E-state index contributed by atoms with van der Waals surface area (Å²) in [5.74, 6) is -0.177. The third-order valence-corrected chi connectivity index (χ3v) is 6.01. The lowest BCUT2D eigenvalue weighted by atomic mass is 10.1. The van der Waals surface area contributed by atoms with Gasteiger partial charge in [-0.2, -0.15) is 9.61 Å². The van der Waals surface area contributed by atoms with Gasteiger partial charge in [-0.05, 0) is 36.5 Å². The van der Waals surface area contributed by atoms with E-state index in [1.807, 2.05) is 18.7 Å². The number of carbonyl (C=O) groups is 1. The molecule has 1 unspecified atom stereocenters. The van der Waals surface area contributed by atoms with Crippen LogP contribution in [0.5, 0.6) is 0 Å². The first-order valence-electron chi connectivity index (χ1n) is 9.37. The van der Waals surface area contributed by atoms with Gasteiger partial charge in [0.05, 0.1) is 18.2 Å².